The van der Waals surface area contributed by atoms with Crippen molar-refractivity contribution in [3.63, 3.8) is 0 Å². The fourth-order valence-electron chi connectivity index (χ4n) is 3.05. The Morgan fingerprint density at radius 2 is 1.85 bits per heavy atom. The van der Waals surface area contributed by atoms with Gasteiger partial charge in [0.15, 0.2) is 5.11 Å². The number of carboxylic acid groups (broad SMARTS) is 1. The molecule has 4 N–H and O–H groups in total. The summed E-state index contributed by atoms with van der Waals surface area (Å²) in [5.74, 6) is -1.86. The number of fused-ring (bicyclic) bond motifs is 1. The molecule has 0 fully saturated rings. The molecule has 33 heavy (non-hydrogen) atoms. The van der Waals surface area contributed by atoms with Crippen molar-refractivity contribution in [1.29, 1.82) is 0 Å². The van der Waals surface area contributed by atoms with Crippen molar-refractivity contribution >= 4 is 75.1 Å². The van der Waals surface area contributed by atoms with Gasteiger partial charge < -0.3 is 30.8 Å². The molecule has 2 aromatic carbocycles. The molecular weight excluding hydrogens is 494 g/mol. The minimum absolute atomic E-state index is 0. The molecule has 7 nitrogen and oxygen atoms in total. The summed E-state index contributed by atoms with van der Waals surface area (Å²) in [5, 5.41) is 21.9. The maximum Gasteiger partial charge on any atom is 1.00 e. The molecule has 0 unspecified atom stereocenters. The van der Waals surface area contributed by atoms with Crippen molar-refractivity contribution in [2.45, 2.75) is 13.5 Å². The standard InChI is InChI=1S/C22H20Cl2N4O3S.Na/c1-2-25-22(32)26-11-12-3-5-14(6-4-12)27-18(29)8-7-15-19-16(24)9-13(23)10-17(19)28-20(15)21(30)31;/h3-10,28H,2,11H2,1H3,(H,27,29)(H,30,31)(H2,25,26,32);/q;+1/p-1/b8-7+;. The molecule has 0 radical (unpaired) electrons. The summed E-state index contributed by atoms with van der Waals surface area (Å²) in [7, 11) is 0. The molecule has 0 aliphatic heterocycles. The third-order valence-electron chi connectivity index (χ3n) is 4.47. The predicted molar refractivity (Wildman–Crippen MR) is 130 cm³/mol. The van der Waals surface area contributed by atoms with Gasteiger partial charge in [0, 0.05) is 46.3 Å². The number of anilines is 1. The fraction of sp³-hybridized carbons (Fsp3) is 0.136. The molecule has 1 amide bonds. The number of hydrogen-bond acceptors (Lipinski definition) is 4. The zero-order valence-electron chi connectivity index (χ0n) is 17.9. The van der Waals surface area contributed by atoms with E-state index in [1.807, 2.05) is 19.1 Å². The smallest absolute Gasteiger partial charge is 0.543 e. The van der Waals surface area contributed by atoms with Gasteiger partial charge in [0.25, 0.3) is 0 Å². The average Bonchev–Trinajstić information content (AvgIpc) is 3.11. The fourth-order valence-corrected chi connectivity index (χ4v) is 3.87. The van der Waals surface area contributed by atoms with Crippen LogP contribution in [0.5, 0.6) is 0 Å². The number of halogens is 2. The van der Waals surface area contributed by atoms with E-state index in [1.165, 1.54) is 18.2 Å². The Labute approximate surface area is 228 Å². The second-order valence-corrected chi connectivity index (χ2v) is 8.00. The van der Waals surface area contributed by atoms with Crippen LogP contribution in [-0.4, -0.2) is 28.5 Å². The van der Waals surface area contributed by atoms with Gasteiger partial charge in [0.05, 0.1) is 16.7 Å². The molecule has 0 saturated heterocycles. The number of hydrogen-bond donors (Lipinski definition) is 4. The zero-order chi connectivity index (χ0) is 23.3. The van der Waals surface area contributed by atoms with Crippen LogP contribution >= 0.6 is 35.4 Å². The third-order valence-corrected chi connectivity index (χ3v) is 5.28. The van der Waals surface area contributed by atoms with Crippen LogP contribution in [0.3, 0.4) is 0 Å². The topological polar surface area (TPSA) is 109 Å². The van der Waals surface area contributed by atoms with Gasteiger partial charge in [0.2, 0.25) is 5.91 Å². The molecule has 11 heteroatoms. The first kappa shape index (κ1) is 27.2. The Hall–Kier alpha value is -2.07. The van der Waals surface area contributed by atoms with E-state index < -0.39 is 11.9 Å². The van der Waals surface area contributed by atoms with Crippen LogP contribution in [0.25, 0.3) is 17.0 Å². The second-order valence-electron chi connectivity index (χ2n) is 6.74. The summed E-state index contributed by atoms with van der Waals surface area (Å²) in [5.41, 5.74) is 2.04. The average molecular weight is 513 g/mol. The maximum absolute atomic E-state index is 12.4. The van der Waals surface area contributed by atoms with Crippen molar-refractivity contribution < 1.29 is 44.3 Å². The van der Waals surface area contributed by atoms with Crippen LogP contribution < -0.4 is 50.6 Å². The molecular formula is C22H19Cl2N4NaO3S. The maximum atomic E-state index is 12.4. The molecule has 0 aliphatic carbocycles. The van der Waals surface area contributed by atoms with E-state index in [0.29, 0.717) is 33.3 Å². The summed E-state index contributed by atoms with van der Waals surface area (Å²) < 4.78 is 0. The zero-order valence-corrected chi connectivity index (χ0v) is 22.3. The molecule has 0 atom stereocenters. The third kappa shape index (κ3) is 7.20. The number of nitrogens with one attached hydrogen (secondary N) is 4. The van der Waals surface area contributed by atoms with E-state index in [9.17, 15) is 14.7 Å². The van der Waals surface area contributed by atoms with Gasteiger partial charge in [-0.15, -0.1) is 0 Å². The Balaban J connectivity index is 0.00000385. The number of thiocarbonyl (C=S) groups is 1. The van der Waals surface area contributed by atoms with Crippen molar-refractivity contribution in [1.82, 2.24) is 15.6 Å². The number of aromatic amines is 1. The predicted octanol–water partition coefficient (Wildman–Crippen LogP) is 0.478. The minimum Gasteiger partial charge on any atom is -0.543 e. The van der Waals surface area contributed by atoms with Gasteiger partial charge in [-0.1, -0.05) is 35.3 Å². The first-order valence-corrected chi connectivity index (χ1v) is 10.8. The molecule has 3 aromatic rings. The second kappa shape index (κ2) is 12.4. The number of amides is 1. The van der Waals surface area contributed by atoms with Gasteiger partial charge in [0.1, 0.15) is 0 Å². The quantitative estimate of drug-likeness (QED) is 0.208. The number of carbonyl (C=O) groups is 2. The molecule has 1 aromatic heterocycles. The van der Waals surface area contributed by atoms with E-state index in [-0.39, 0.29) is 45.8 Å². The van der Waals surface area contributed by atoms with Crippen LogP contribution in [0.2, 0.25) is 10.0 Å². The largest absolute Gasteiger partial charge is 1.00 e. The molecule has 0 bridgehead atoms. The number of carboxylic acids is 1. The van der Waals surface area contributed by atoms with Gasteiger partial charge in [-0.25, -0.2) is 0 Å². The summed E-state index contributed by atoms with van der Waals surface area (Å²) >= 11 is 17.3. The van der Waals surface area contributed by atoms with Crippen LogP contribution in [0.1, 0.15) is 28.5 Å². The molecule has 0 aliphatic rings. The van der Waals surface area contributed by atoms with Crippen LogP contribution in [-0.2, 0) is 11.3 Å². The summed E-state index contributed by atoms with van der Waals surface area (Å²) in [6, 6.07) is 10.3. The molecule has 3 rings (SSSR count). The number of aromatic nitrogens is 1. The number of carbonyl (C=O) groups excluding carboxylic acids is 2. The Bertz CT molecular complexity index is 1210. The monoisotopic (exact) mass is 512 g/mol. The van der Waals surface area contributed by atoms with Gasteiger partial charge in [-0.3, -0.25) is 4.79 Å². The molecule has 0 saturated carbocycles. The van der Waals surface area contributed by atoms with Crippen molar-refractivity contribution in [2.24, 2.45) is 0 Å². The van der Waals surface area contributed by atoms with Gasteiger partial charge >= 0.3 is 29.6 Å². The molecule has 166 valence electrons. The Morgan fingerprint density at radius 1 is 1.15 bits per heavy atom. The van der Waals surface area contributed by atoms with Gasteiger partial charge in [-0.05, 0) is 55.0 Å². The van der Waals surface area contributed by atoms with E-state index >= 15 is 0 Å². The van der Waals surface area contributed by atoms with Crippen LogP contribution in [0.4, 0.5) is 5.69 Å². The summed E-state index contributed by atoms with van der Waals surface area (Å²) in [6.45, 7) is 3.26. The van der Waals surface area contributed by atoms with Crippen LogP contribution in [0, 0.1) is 0 Å². The Kier molecular flexibility index (Phi) is 10.2. The van der Waals surface area contributed by atoms with Crippen LogP contribution in [0.15, 0.2) is 42.5 Å². The minimum atomic E-state index is -1.42. The number of H-pyrrole nitrogens is 1. The Morgan fingerprint density at radius 3 is 2.48 bits per heavy atom. The van der Waals surface area contributed by atoms with Crippen molar-refractivity contribution in [3.05, 3.63) is 69.3 Å². The number of rotatable bonds is 7. The van der Waals surface area contributed by atoms with E-state index in [1.54, 1.807) is 18.2 Å². The number of aromatic carboxylic acids is 1. The van der Waals surface area contributed by atoms with Gasteiger partial charge in [-0.2, -0.15) is 0 Å². The normalized spacial score (nSPS) is 10.6. The molecule has 1 heterocycles. The number of benzene rings is 2. The first-order valence-electron chi connectivity index (χ1n) is 9.60. The van der Waals surface area contributed by atoms with E-state index in [2.05, 4.69) is 20.9 Å². The first-order chi connectivity index (χ1) is 15.3. The van der Waals surface area contributed by atoms with E-state index in [0.717, 1.165) is 12.1 Å². The summed E-state index contributed by atoms with van der Waals surface area (Å²) in [6.07, 6.45) is 2.60. The SMILES string of the molecule is CCNC(=S)NCc1ccc(NC(=O)/C=C/c2c(C(=O)[O-])[nH]c3cc(Cl)cc(Cl)c23)cc1.[Na+]. The summed E-state index contributed by atoms with van der Waals surface area (Å²) in [4.78, 5) is 26.6. The van der Waals surface area contributed by atoms with E-state index in [4.69, 9.17) is 35.4 Å². The van der Waals surface area contributed by atoms with Crippen molar-refractivity contribution in [3.8, 4) is 0 Å². The van der Waals surface area contributed by atoms with Crippen molar-refractivity contribution in [2.75, 3.05) is 11.9 Å². The molecule has 0 spiro atoms.